The molecule has 0 radical (unpaired) electrons. The second-order valence-corrected chi connectivity index (χ2v) is 9.49. The second kappa shape index (κ2) is 7.47. The van der Waals surface area contributed by atoms with Crippen molar-refractivity contribution in [3.8, 4) is 0 Å². The number of aryl methyl sites for hydroxylation is 6. The monoisotopic (exact) mass is 391 g/mol. The Hall–Kier alpha value is -2.80. The minimum Gasteiger partial charge on any atom is -0.194 e. The van der Waals surface area contributed by atoms with E-state index >= 15 is 0 Å². The Kier molecular flexibility index (Phi) is 5.10. The van der Waals surface area contributed by atoms with Crippen LogP contribution in [-0.4, -0.2) is 6.15 Å². The van der Waals surface area contributed by atoms with E-state index in [0.29, 0.717) is 0 Å². The summed E-state index contributed by atoms with van der Waals surface area (Å²) < 4.78 is 0. The summed E-state index contributed by atoms with van der Waals surface area (Å²) in [6, 6.07) is 25.1. The SMILES string of the molecule is Cc1cc(C)c([B-](C)(c2c(C)cc(C)cc2C)c2cccc3ccccc23)c(C)c1. The van der Waals surface area contributed by atoms with Gasteiger partial charge in [0.15, 0.2) is 0 Å². The molecule has 0 atom stereocenters. The highest BCUT2D eigenvalue weighted by molar-refractivity contribution is 7.12. The molecule has 0 aliphatic rings. The molecule has 0 bridgehead atoms. The van der Waals surface area contributed by atoms with Crippen LogP contribution in [0.3, 0.4) is 0 Å². The molecule has 0 aromatic heterocycles. The van der Waals surface area contributed by atoms with Crippen LogP contribution in [0.25, 0.3) is 10.8 Å². The van der Waals surface area contributed by atoms with Crippen LogP contribution in [0.1, 0.15) is 33.4 Å². The summed E-state index contributed by atoms with van der Waals surface area (Å²) in [4.78, 5) is 0. The molecular formula is C29H32B-. The van der Waals surface area contributed by atoms with E-state index < -0.39 is 6.15 Å². The lowest BCUT2D eigenvalue weighted by Gasteiger charge is -2.45. The average Bonchev–Trinajstić information content (AvgIpc) is 2.65. The van der Waals surface area contributed by atoms with E-state index in [1.807, 2.05) is 0 Å². The maximum absolute atomic E-state index is 2.50. The van der Waals surface area contributed by atoms with Gasteiger partial charge in [0, 0.05) is 0 Å². The summed E-state index contributed by atoms with van der Waals surface area (Å²) >= 11 is 0. The number of benzene rings is 4. The third-order valence-electron chi connectivity index (χ3n) is 7.08. The van der Waals surface area contributed by atoms with E-state index in [-0.39, 0.29) is 0 Å². The van der Waals surface area contributed by atoms with Gasteiger partial charge >= 0.3 is 0 Å². The van der Waals surface area contributed by atoms with Crippen LogP contribution in [0.2, 0.25) is 6.82 Å². The molecule has 0 heterocycles. The van der Waals surface area contributed by atoms with Crippen LogP contribution in [0, 0.1) is 41.5 Å². The maximum Gasteiger partial charge on any atom is 0.0808 e. The molecule has 4 rings (SSSR count). The average molecular weight is 391 g/mol. The Morgan fingerprint density at radius 3 is 1.47 bits per heavy atom. The highest BCUT2D eigenvalue weighted by Crippen LogP contribution is 2.22. The molecule has 152 valence electrons. The zero-order valence-electron chi connectivity index (χ0n) is 19.4. The highest BCUT2D eigenvalue weighted by atomic mass is 14.2. The van der Waals surface area contributed by atoms with E-state index in [4.69, 9.17) is 0 Å². The zero-order chi connectivity index (χ0) is 21.6. The molecule has 0 saturated carbocycles. The van der Waals surface area contributed by atoms with Crippen LogP contribution in [0.15, 0.2) is 66.7 Å². The van der Waals surface area contributed by atoms with Crippen molar-refractivity contribution in [2.24, 2.45) is 0 Å². The van der Waals surface area contributed by atoms with Crippen molar-refractivity contribution in [2.45, 2.75) is 48.4 Å². The molecule has 0 unspecified atom stereocenters. The van der Waals surface area contributed by atoms with Gasteiger partial charge in [0.2, 0.25) is 0 Å². The van der Waals surface area contributed by atoms with Crippen molar-refractivity contribution in [3.05, 3.63) is 100 Å². The van der Waals surface area contributed by atoms with Gasteiger partial charge in [-0.2, -0.15) is 23.2 Å². The summed E-state index contributed by atoms with van der Waals surface area (Å²) in [6.45, 7) is 16.1. The molecule has 0 aliphatic heterocycles. The van der Waals surface area contributed by atoms with Gasteiger partial charge in [-0.3, -0.25) is 0 Å². The molecule has 30 heavy (non-hydrogen) atoms. The topological polar surface area (TPSA) is 0 Å². The van der Waals surface area contributed by atoms with Gasteiger partial charge in [-0.15, -0.1) is 0 Å². The molecule has 0 aliphatic carbocycles. The number of hydrogen-bond donors (Lipinski definition) is 0. The Balaban J connectivity index is 2.21. The first-order chi connectivity index (χ1) is 14.2. The lowest BCUT2D eigenvalue weighted by Crippen LogP contribution is -2.67. The molecule has 0 N–H and O–H groups in total. The van der Waals surface area contributed by atoms with E-state index in [1.165, 1.54) is 60.5 Å². The number of hydrogen-bond acceptors (Lipinski definition) is 0. The predicted molar refractivity (Wildman–Crippen MR) is 136 cm³/mol. The van der Waals surface area contributed by atoms with Gasteiger partial charge in [-0.1, -0.05) is 105 Å². The van der Waals surface area contributed by atoms with Crippen LogP contribution in [0.5, 0.6) is 0 Å². The van der Waals surface area contributed by atoms with Gasteiger partial charge in [0.05, 0.1) is 6.15 Å². The first-order valence-corrected chi connectivity index (χ1v) is 11.1. The molecule has 4 aromatic rings. The minimum absolute atomic E-state index is 1.15. The van der Waals surface area contributed by atoms with E-state index in [2.05, 4.69) is 115 Å². The summed E-state index contributed by atoms with van der Waals surface area (Å²) in [5, 5.41) is 2.68. The summed E-state index contributed by atoms with van der Waals surface area (Å²) in [5.74, 6) is 0. The van der Waals surface area contributed by atoms with E-state index in [9.17, 15) is 0 Å². The molecule has 0 saturated heterocycles. The maximum atomic E-state index is 2.50. The standard InChI is InChI=1S/C29H32B/c1-19-15-21(3)28(22(4)16-19)30(7,29-23(5)17-20(2)18-24(29)6)27-14-10-12-25-11-8-9-13-26(25)27/h8-18H,1-7H3/q-1. The normalized spacial score (nSPS) is 11.8. The first-order valence-electron chi connectivity index (χ1n) is 11.1. The quantitative estimate of drug-likeness (QED) is 0.388. The molecule has 0 spiro atoms. The number of fused-ring (bicyclic) bond motifs is 1. The smallest absolute Gasteiger partial charge is 0.0808 e. The molecule has 0 fully saturated rings. The van der Waals surface area contributed by atoms with Gasteiger partial charge in [-0.25, -0.2) is 0 Å². The lowest BCUT2D eigenvalue weighted by atomic mass is 9.15. The molecule has 4 aromatic carbocycles. The summed E-state index contributed by atoms with van der Waals surface area (Å²) in [7, 11) is 0. The third kappa shape index (κ3) is 3.17. The molecule has 0 amide bonds. The largest absolute Gasteiger partial charge is 0.194 e. The van der Waals surface area contributed by atoms with Gasteiger partial charge in [0.1, 0.15) is 0 Å². The fourth-order valence-corrected chi connectivity index (χ4v) is 6.41. The van der Waals surface area contributed by atoms with Crippen molar-refractivity contribution in [1.29, 1.82) is 0 Å². The van der Waals surface area contributed by atoms with Crippen LogP contribution >= 0.6 is 0 Å². The minimum atomic E-state index is -1.15. The van der Waals surface area contributed by atoms with Crippen LogP contribution in [-0.2, 0) is 0 Å². The van der Waals surface area contributed by atoms with Crippen LogP contribution < -0.4 is 16.4 Å². The van der Waals surface area contributed by atoms with Crippen molar-refractivity contribution in [2.75, 3.05) is 0 Å². The predicted octanol–water partition coefficient (Wildman–Crippen LogP) is 5.79. The molecule has 0 nitrogen and oxygen atoms in total. The van der Waals surface area contributed by atoms with Crippen molar-refractivity contribution < 1.29 is 0 Å². The number of rotatable bonds is 3. The van der Waals surface area contributed by atoms with Crippen LogP contribution in [0.4, 0.5) is 0 Å². The van der Waals surface area contributed by atoms with E-state index in [0.717, 1.165) is 0 Å². The van der Waals surface area contributed by atoms with E-state index in [1.54, 1.807) is 0 Å². The Labute approximate surface area is 181 Å². The first kappa shape index (κ1) is 20.5. The lowest BCUT2D eigenvalue weighted by molar-refractivity contribution is 1.33. The van der Waals surface area contributed by atoms with Gasteiger partial charge in [0.25, 0.3) is 0 Å². The highest BCUT2D eigenvalue weighted by Gasteiger charge is 2.31. The van der Waals surface area contributed by atoms with Crippen molar-refractivity contribution in [1.82, 2.24) is 0 Å². The van der Waals surface area contributed by atoms with Crippen molar-refractivity contribution >= 4 is 33.3 Å². The fraction of sp³-hybridized carbons (Fsp3) is 0.241. The summed E-state index contributed by atoms with van der Waals surface area (Å²) in [5.41, 5.74) is 12.7. The molecular weight excluding hydrogens is 359 g/mol. The Morgan fingerprint density at radius 1 is 0.533 bits per heavy atom. The van der Waals surface area contributed by atoms with Gasteiger partial charge < -0.3 is 0 Å². The zero-order valence-corrected chi connectivity index (χ0v) is 19.4. The Morgan fingerprint density at radius 2 is 0.967 bits per heavy atom. The molecule has 1 heteroatoms. The van der Waals surface area contributed by atoms with Gasteiger partial charge in [-0.05, 0) is 46.9 Å². The fourth-order valence-electron chi connectivity index (χ4n) is 6.41. The Bertz CT molecular complexity index is 1150. The third-order valence-corrected chi connectivity index (χ3v) is 7.08. The summed E-state index contributed by atoms with van der Waals surface area (Å²) in [6.07, 6.45) is -1.15. The van der Waals surface area contributed by atoms with Crippen molar-refractivity contribution in [3.63, 3.8) is 0 Å². The second-order valence-electron chi connectivity index (χ2n) is 9.49.